The molecule has 0 spiro atoms. The first-order chi connectivity index (χ1) is 8.51. The number of hydrogen-bond acceptors (Lipinski definition) is 3. The van der Waals surface area contributed by atoms with Crippen LogP contribution < -0.4 is 5.73 Å². The van der Waals surface area contributed by atoms with E-state index in [0.29, 0.717) is 4.90 Å². The van der Waals surface area contributed by atoms with Gasteiger partial charge in [0.2, 0.25) is 0 Å². The van der Waals surface area contributed by atoms with Crippen LogP contribution >= 0.6 is 0 Å². The third-order valence-electron chi connectivity index (χ3n) is 4.06. The van der Waals surface area contributed by atoms with Gasteiger partial charge in [-0.3, -0.25) is 0 Å². The Balaban J connectivity index is 2.04. The van der Waals surface area contributed by atoms with Gasteiger partial charge in [0, 0.05) is 10.9 Å². The predicted octanol–water partition coefficient (Wildman–Crippen LogP) is 2.56. The fourth-order valence-electron chi connectivity index (χ4n) is 2.96. The lowest BCUT2D eigenvalue weighted by Crippen LogP contribution is -2.38. The lowest BCUT2D eigenvalue weighted by atomic mass is 9.77. The van der Waals surface area contributed by atoms with Crippen molar-refractivity contribution in [3.05, 3.63) is 34.7 Å². The molecule has 0 amide bonds. The molecule has 3 nitrogen and oxygen atoms in total. The molecule has 2 aliphatic rings. The number of nitrogens with two attached hydrogens (primary N) is 1. The average molecular weight is 263 g/mol. The van der Waals surface area contributed by atoms with Crippen LogP contribution in [0.5, 0.6) is 0 Å². The second-order valence-corrected chi connectivity index (χ2v) is 7.12. The Labute approximate surface area is 108 Å². The summed E-state index contributed by atoms with van der Waals surface area (Å²) < 4.78 is 23.4. The van der Waals surface area contributed by atoms with Crippen LogP contribution in [0.3, 0.4) is 0 Å². The van der Waals surface area contributed by atoms with Gasteiger partial charge in [-0.05, 0) is 42.2 Å². The molecule has 1 saturated carbocycles. The topological polar surface area (TPSA) is 60.2 Å². The molecule has 0 aromatic heterocycles. The van der Waals surface area contributed by atoms with Gasteiger partial charge in [-0.1, -0.05) is 25.3 Å². The smallest absolute Gasteiger partial charge is 0.200 e. The van der Waals surface area contributed by atoms with Gasteiger partial charge in [0.15, 0.2) is 9.84 Å². The van der Waals surface area contributed by atoms with Crippen molar-refractivity contribution >= 4 is 15.9 Å². The van der Waals surface area contributed by atoms with Crippen molar-refractivity contribution in [1.82, 2.24) is 0 Å². The largest absolute Gasteiger partial charge is 0.321 e. The van der Waals surface area contributed by atoms with Crippen LogP contribution in [-0.4, -0.2) is 8.42 Å². The summed E-state index contributed by atoms with van der Waals surface area (Å²) in [7, 11) is -3.19. The fraction of sp³-hybridized carbons (Fsp3) is 0.429. The van der Waals surface area contributed by atoms with E-state index < -0.39 is 9.84 Å². The van der Waals surface area contributed by atoms with Gasteiger partial charge in [-0.25, -0.2) is 8.42 Å². The lowest BCUT2D eigenvalue weighted by molar-refractivity contribution is 0.302. The quantitative estimate of drug-likeness (QED) is 0.847. The molecule has 3 rings (SSSR count). The van der Waals surface area contributed by atoms with E-state index in [4.69, 9.17) is 5.73 Å². The summed E-state index contributed by atoms with van der Waals surface area (Å²) in [5.74, 6) is 0. The van der Waals surface area contributed by atoms with Gasteiger partial charge in [-0.2, -0.15) is 0 Å². The van der Waals surface area contributed by atoms with Crippen LogP contribution in [0.4, 0.5) is 0 Å². The number of sulfone groups is 1. The Morgan fingerprint density at radius 2 is 1.83 bits per heavy atom. The van der Waals surface area contributed by atoms with E-state index in [1.54, 1.807) is 12.1 Å². The first-order valence-corrected chi connectivity index (χ1v) is 7.93. The summed E-state index contributed by atoms with van der Waals surface area (Å²) in [5.41, 5.74) is 8.05. The summed E-state index contributed by atoms with van der Waals surface area (Å²) in [4.78, 5) is 0.408. The van der Waals surface area contributed by atoms with Crippen molar-refractivity contribution in [1.29, 1.82) is 0 Å². The molecule has 1 heterocycles. The van der Waals surface area contributed by atoms with E-state index in [9.17, 15) is 8.42 Å². The molecule has 1 aliphatic carbocycles. The molecule has 0 bridgehead atoms. The molecule has 1 aromatic rings. The van der Waals surface area contributed by atoms with Gasteiger partial charge in [0.1, 0.15) is 0 Å². The fourth-order valence-corrected chi connectivity index (χ4v) is 4.14. The summed E-state index contributed by atoms with van der Waals surface area (Å²) in [6, 6.07) is 5.53. The van der Waals surface area contributed by atoms with Gasteiger partial charge in [0.05, 0.1) is 4.90 Å². The zero-order chi connectivity index (χ0) is 12.8. The zero-order valence-corrected chi connectivity index (χ0v) is 11.0. The molecule has 1 fully saturated rings. The number of hydrogen-bond donors (Lipinski definition) is 1. The summed E-state index contributed by atoms with van der Waals surface area (Å²) >= 11 is 0. The average Bonchev–Trinajstić information content (AvgIpc) is 2.66. The minimum Gasteiger partial charge on any atom is -0.321 e. The first kappa shape index (κ1) is 11.9. The van der Waals surface area contributed by atoms with E-state index in [0.717, 1.165) is 36.8 Å². The predicted molar refractivity (Wildman–Crippen MR) is 71.6 cm³/mol. The molecule has 1 aliphatic heterocycles. The van der Waals surface area contributed by atoms with Crippen LogP contribution in [0, 0.1) is 0 Å². The van der Waals surface area contributed by atoms with Crippen molar-refractivity contribution in [2.45, 2.75) is 42.5 Å². The maximum atomic E-state index is 11.7. The van der Waals surface area contributed by atoms with Gasteiger partial charge in [0.25, 0.3) is 0 Å². The van der Waals surface area contributed by atoms with Crippen molar-refractivity contribution in [3.8, 4) is 0 Å². The molecule has 2 N–H and O–H groups in total. The van der Waals surface area contributed by atoms with Crippen molar-refractivity contribution in [2.75, 3.05) is 0 Å². The minimum atomic E-state index is -3.19. The Hall–Kier alpha value is -1.13. The standard InChI is InChI=1S/C14H17NO2S/c15-14(7-2-1-3-8-14)12-4-5-13-11(10-12)6-9-18(13,16)17/h4-6,9-10H,1-3,7-8,15H2. The van der Waals surface area contributed by atoms with Crippen molar-refractivity contribution in [3.63, 3.8) is 0 Å². The number of fused-ring (bicyclic) bond motifs is 1. The van der Waals surface area contributed by atoms with E-state index >= 15 is 0 Å². The van der Waals surface area contributed by atoms with Crippen molar-refractivity contribution in [2.24, 2.45) is 5.73 Å². The van der Waals surface area contributed by atoms with Crippen LogP contribution in [0.2, 0.25) is 0 Å². The molecule has 0 unspecified atom stereocenters. The molecule has 1 aromatic carbocycles. The van der Waals surface area contributed by atoms with E-state index in [-0.39, 0.29) is 5.54 Å². The highest BCUT2D eigenvalue weighted by molar-refractivity contribution is 7.94. The highest BCUT2D eigenvalue weighted by atomic mass is 32.2. The molecule has 0 saturated heterocycles. The summed E-state index contributed by atoms with van der Waals surface area (Å²) in [5, 5.41) is 1.27. The molecule has 96 valence electrons. The normalized spacial score (nSPS) is 23.8. The van der Waals surface area contributed by atoms with E-state index in [2.05, 4.69) is 0 Å². The number of benzene rings is 1. The van der Waals surface area contributed by atoms with Gasteiger partial charge >= 0.3 is 0 Å². The molecule has 0 atom stereocenters. The second-order valence-electron chi connectivity index (χ2n) is 5.32. The van der Waals surface area contributed by atoms with Crippen LogP contribution in [0.1, 0.15) is 43.2 Å². The maximum absolute atomic E-state index is 11.7. The highest BCUT2D eigenvalue weighted by Crippen LogP contribution is 2.37. The van der Waals surface area contributed by atoms with Gasteiger partial charge < -0.3 is 5.73 Å². The third-order valence-corrected chi connectivity index (χ3v) is 5.54. The van der Waals surface area contributed by atoms with Crippen LogP contribution in [0.25, 0.3) is 6.08 Å². The van der Waals surface area contributed by atoms with E-state index in [1.165, 1.54) is 11.8 Å². The Morgan fingerprint density at radius 3 is 2.56 bits per heavy atom. The number of rotatable bonds is 1. The lowest BCUT2D eigenvalue weighted by Gasteiger charge is -2.34. The van der Waals surface area contributed by atoms with Gasteiger partial charge in [-0.15, -0.1) is 0 Å². The SMILES string of the molecule is NC1(c2ccc3c(c2)C=CS3(=O)=O)CCCCC1. The van der Waals surface area contributed by atoms with Crippen molar-refractivity contribution < 1.29 is 8.42 Å². The molecular formula is C14H17NO2S. The molecular weight excluding hydrogens is 246 g/mol. The Morgan fingerprint density at radius 1 is 1.11 bits per heavy atom. The Kier molecular flexibility index (Phi) is 2.61. The second kappa shape index (κ2) is 3.93. The monoisotopic (exact) mass is 263 g/mol. The van der Waals surface area contributed by atoms with Crippen LogP contribution in [-0.2, 0) is 15.4 Å². The zero-order valence-electron chi connectivity index (χ0n) is 10.2. The minimum absolute atomic E-state index is 0.270. The van der Waals surface area contributed by atoms with Crippen LogP contribution in [0.15, 0.2) is 28.5 Å². The van der Waals surface area contributed by atoms with E-state index in [1.807, 2.05) is 12.1 Å². The first-order valence-electron chi connectivity index (χ1n) is 6.38. The third kappa shape index (κ3) is 1.80. The molecule has 4 heteroatoms. The highest BCUT2D eigenvalue weighted by Gasteiger charge is 2.31. The Bertz CT molecular complexity index is 611. The molecule has 18 heavy (non-hydrogen) atoms. The maximum Gasteiger partial charge on any atom is 0.200 e. The summed E-state index contributed by atoms with van der Waals surface area (Å²) in [6.07, 6.45) is 7.20. The summed E-state index contributed by atoms with van der Waals surface area (Å²) in [6.45, 7) is 0. The molecule has 0 radical (unpaired) electrons.